The van der Waals surface area contributed by atoms with Gasteiger partial charge in [-0.15, -0.1) is 0 Å². The third kappa shape index (κ3) is 2.29. The maximum atomic E-state index is 12.4. The topological polar surface area (TPSA) is 45.2 Å². The van der Waals surface area contributed by atoms with Crippen LogP contribution in [0.2, 0.25) is 0 Å². The molecule has 1 aliphatic heterocycles. The van der Waals surface area contributed by atoms with Gasteiger partial charge in [-0.1, -0.05) is 18.2 Å². The molecule has 1 aliphatic rings. The van der Waals surface area contributed by atoms with Crippen molar-refractivity contribution in [3.8, 4) is 0 Å². The molecule has 1 aromatic heterocycles. The minimum atomic E-state index is -0.159. The molecule has 0 spiro atoms. The number of anilines is 1. The smallest absolute Gasteiger partial charge is 0.272 e. The zero-order valence-electron chi connectivity index (χ0n) is 11.0. The van der Waals surface area contributed by atoms with Crippen LogP contribution in [0.5, 0.6) is 0 Å². The van der Waals surface area contributed by atoms with Crippen molar-refractivity contribution in [2.75, 3.05) is 5.01 Å². The highest BCUT2D eigenvalue weighted by molar-refractivity contribution is 9.10. The summed E-state index contributed by atoms with van der Waals surface area (Å²) in [5.41, 5.74) is 5.82. The molecule has 4 nitrogen and oxygen atoms in total. The maximum Gasteiger partial charge on any atom is 0.272 e. The first-order valence-electron chi connectivity index (χ1n) is 6.45. The number of benzene rings is 1. The Morgan fingerprint density at radius 3 is 2.95 bits per heavy atom. The van der Waals surface area contributed by atoms with Crippen LogP contribution in [-0.2, 0) is 6.42 Å². The van der Waals surface area contributed by atoms with Crippen LogP contribution in [0.25, 0.3) is 0 Å². The molecule has 1 unspecified atom stereocenters. The van der Waals surface area contributed by atoms with E-state index in [4.69, 9.17) is 0 Å². The molecule has 102 valence electrons. The monoisotopic (exact) mass is 331 g/mol. The number of amides is 1. The Morgan fingerprint density at radius 1 is 1.35 bits per heavy atom. The molecular formula is C15H14BrN3O. The van der Waals surface area contributed by atoms with Crippen molar-refractivity contribution in [1.82, 2.24) is 10.4 Å². The first-order chi connectivity index (χ1) is 9.66. The molecule has 1 amide bonds. The van der Waals surface area contributed by atoms with Gasteiger partial charge in [0.25, 0.3) is 5.91 Å². The zero-order valence-corrected chi connectivity index (χ0v) is 12.6. The molecule has 1 N–H and O–H groups in total. The van der Waals surface area contributed by atoms with Gasteiger partial charge in [0.15, 0.2) is 0 Å². The second-order valence-corrected chi connectivity index (χ2v) is 5.59. The van der Waals surface area contributed by atoms with Crippen molar-refractivity contribution < 1.29 is 4.79 Å². The van der Waals surface area contributed by atoms with E-state index in [9.17, 15) is 4.79 Å². The van der Waals surface area contributed by atoms with Crippen LogP contribution >= 0.6 is 15.9 Å². The van der Waals surface area contributed by atoms with Gasteiger partial charge in [-0.2, -0.15) is 0 Å². The minimum absolute atomic E-state index is 0.159. The summed E-state index contributed by atoms with van der Waals surface area (Å²) >= 11 is 3.30. The molecule has 5 heteroatoms. The van der Waals surface area contributed by atoms with E-state index in [-0.39, 0.29) is 11.9 Å². The number of nitrogens with one attached hydrogen (secondary N) is 1. The summed E-state index contributed by atoms with van der Waals surface area (Å²) < 4.78 is 0.553. The Hall–Kier alpha value is -1.88. The Balaban J connectivity index is 1.85. The van der Waals surface area contributed by atoms with Gasteiger partial charge in [0, 0.05) is 6.20 Å². The number of carbonyl (C=O) groups excluding carboxylic acids is 1. The van der Waals surface area contributed by atoms with E-state index in [1.165, 1.54) is 5.56 Å². The molecule has 3 rings (SSSR count). The van der Waals surface area contributed by atoms with Gasteiger partial charge in [-0.05, 0) is 53.0 Å². The van der Waals surface area contributed by atoms with E-state index in [2.05, 4.69) is 39.3 Å². The molecule has 0 saturated heterocycles. The number of para-hydroxylation sites is 1. The van der Waals surface area contributed by atoms with Crippen molar-refractivity contribution >= 4 is 27.5 Å². The molecular weight excluding hydrogens is 318 g/mol. The van der Waals surface area contributed by atoms with Gasteiger partial charge in [0.05, 0.1) is 17.3 Å². The highest BCUT2D eigenvalue weighted by Gasteiger charge is 2.27. The average molecular weight is 332 g/mol. The summed E-state index contributed by atoms with van der Waals surface area (Å²) in [5, 5.41) is 1.93. The lowest BCUT2D eigenvalue weighted by Crippen LogP contribution is -2.45. The number of pyridine rings is 1. The fourth-order valence-corrected chi connectivity index (χ4v) is 2.89. The van der Waals surface area contributed by atoms with Crippen molar-refractivity contribution in [2.45, 2.75) is 19.4 Å². The summed E-state index contributed by atoms with van der Waals surface area (Å²) in [4.78, 5) is 16.4. The van der Waals surface area contributed by atoms with Crippen molar-refractivity contribution in [2.24, 2.45) is 0 Å². The van der Waals surface area contributed by atoms with E-state index in [0.717, 1.165) is 12.1 Å². The zero-order chi connectivity index (χ0) is 14.1. The minimum Gasteiger partial charge on any atom is -0.282 e. The Morgan fingerprint density at radius 2 is 2.15 bits per heavy atom. The second kappa shape index (κ2) is 5.25. The number of aromatic nitrogens is 1. The molecule has 0 aliphatic carbocycles. The van der Waals surface area contributed by atoms with E-state index in [1.807, 2.05) is 23.2 Å². The first kappa shape index (κ1) is 13.1. The molecule has 0 bridgehead atoms. The Kier molecular flexibility index (Phi) is 3.44. The summed E-state index contributed by atoms with van der Waals surface area (Å²) in [7, 11) is 0. The lowest BCUT2D eigenvalue weighted by atomic mass is 10.1. The van der Waals surface area contributed by atoms with Gasteiger partial charge in [0.1, 0.15) is 4.60 Å². The van der Waals surface area contributed by atoms with E-state index in [0.29, 0.717) is 10.2 Å². The molecule has 0 radical (unpaired) electrons. The third-order valence-corrected chi connectivity index (χ3v) is 4.06. The molecule has 1 aromatic carbocycles. The summed E-state index contributed by atoms with van der Waals surface area (Å²) in [5.74, 6) is -0.159. The lowest BCUT2D eigenvalue weighted by Gasteiger charge is -2.25. The SMILES string of the molecule is CC1Cc2ccccc2N1NC(=O)c1cccnc1Br. The highest BCUT2D eigenvalue weighted by atomic mass is 79.9. The summed E-state index contributed by atoms with van der Waals surface area (Å²) in [6.45, 7) is 2.10. The fraction of sp³-hybridized carbons (Fsp3) is 0.200. The van der Waals surface area contributed by atoms with Crippen LogP contribution in [0.1, 0.15) is 22.8 Å². The predicted molar refractivity (Wildman–Crippen MR) is 81.5 cm³/mol. The lowest BCUT2D eigenvalue weighted by molar-refractivity contribution is 0.0945. The first-order valence-corrected chi connectivity index (χ1v) is 7.25. The summed E-state index contributed by atoms with van der Waals surface area (Å²) in [6, 6.07) is 11.9. The van der Waals surface area contributed by atoms with Gasteiger partial charge in [-0.3, -0.25) is 15.2 Å². The quantitative estimate of drug-likeness (QED) is 0.860. The maximum absolute atomic E-state index is 12.4. The van der Waals surface area contributed by atoms with Gasteiger partial charge >= 0.3 is 0 Å². The van der Waals surface area contributed by atoms with Gasteiger partial charge in [0.2, 0.25) is 0 Å². The number of hydrogen-bond acceptors (Lipinski definition) is 3. The molecule has 0 fully saturated rings. The number of rotatable bonds is 2. The third-order valence-electron chi connectivity index (χ3n) is 3.43. The number of nitrogens with zero attached hydrogens (tertiary/aromatic N) is 2. The van der Waals surface area contributed by atoms with E-state index in [1.54, 1.807) is 18.3 Å². The number of carbonyl (C=O) groups is 1. The summed E-state index contributed by atoms with van der Waals surface area (Å²) in [6.07, 6.45) is 2.58. The number of halogens is 1. The molecule has 20 heavy (non-hydrogen) atoms. The Bertz CT molecular complexity index is 659. The van der Waals surface area contributed by atoms with E-state index < -0.39 is 0 Å². The van der Waals surface area contributed by atoms with Crippen LogP contribution in [0.15, 0.2) is 47.2 Å². The van der Waals surface area contributed by atoms with Gasteiger partial charge in [-0.25, -0.2) is 4.98 Å². The van der Waals surface area contributed by atoms with Crippen LogP contribution < -0.4 is 10.4 Å². The normalized spacial score (nSPS) is 16.9. The number of hydrogen-bond donors (Lipinski definition) is 1. The van der Waals surface area contributed by atoms with Crippen molar-refractivity contribution in [3.05, 3.63) is 58.3 Å². The van der Waals surface area contributed by atoms with Gasteiger partial charge < -0.3 is 0 Å². The van der Waals surface area contributed by atoms with E-state index >= 15 is 0 Å². The Labute approximate surface area is 125 Å². The second-order valence-electron chi connectivity index (χ2n) is 4.83. The van der Waals surface area contributed by atoms with Crippen LogP contribution in [-0.4, -0.2) is 16.9 Å². The molecule has 0 saturated carbocycles. The predicted octanol–water partition coefficient (Wildman–Crippen LogP) is 2.94. The standard InChI is InChI=1S/C15H14BrN3O/c1-10-9-11-5-2-3-7-13(11)19(10)18-15(20)12-6-4-8-17-14(12)16/h2-8,10H,9H2,1H3,(H,18,20). The molecule has 1 atom stereocenters. The molecule has 2 heterocycles. The van der Waals surface area contributed by atoms with Crippen molar-refractivity contribution in [1.29, 1.82) is 0 Å². The van der Waals surface area contributed by atoms with Crippen molar-refractivity contribution in [3.63, 3.8) is 0 Å². The average Bonchev–Trinajstić information content (AvgIpc) is 2.76. The molecule has 2 aromatic rings. The number of hydrazine groups is 1. The fourth-order valence-electron chi connectivity index (χ4n) is 2.46. The van der Waals surface area contributed by atoms with Crippen LogP contribution in [0, 0.1) is 0 Å². The van der Waals surface area contributed by atoms with Crippen LogP contribution in [0.3, 0.4) is 0 Å². The largest absolute Gasteiger partial charge is 0.282 e. The highest BCUT2D eigenvalue weighted by Crippen LogP contribution is 2.30. The number of fused-ring (bicyclic) bond motifs is 1. The van der Waals surface area contributed by atoms with Crippen LogP contribution in [0.4, 0.5) is 5.69 Å².